The van der Waals surface area contributed by atoms with Crippen molar-refractivity contribution in [1.29, 1.82) is 0 Å². The zero-order valence-electron chi connectivity index (χ0n) is 12.0. The Balaban J connectivity index is 1.49. The van der Waals surface area contributed by atoms with E-state index in [1.54, 1.807) is 24.3 Å². The van der Waals surface area contributed by atoms with E-state index in [-0.39, 0.29) is 0 Å². The van der Waals surface area contributed by atoms with Gasteiger partial charge in [0.25, 0.3) is 0 Å². The maximum atomic E-state index is 4.87. The SMILES string of the molecule is c1cc(-c2ccc(Sc3ccc(-c4ccon4)cc3)cc2)no1. The normalized spacial score (nSPS) is 10.8. The second-order valence-electron chi connectivity index (χ2n) is 4.92. The lowest BCUT2D eigenvalue weighted by atomic mass is 10.2. The molecule has 5 heteroatoms. The first-order chi connectivity index (χ1) is 11.4. The molecule has 4 nitrogen and oxygen atoms in total. The fourth-order valence-corrected chi connectivity index (χ4v) is 3.06. The van der Waals surface area contributed by atoms with E-state index in [9.17, 15) is 0 Å². The van der Waals surface area contributed by atoms with Gasteiger partial charge in [-0.05, 0) is 24.3 Å². The minimum atomic E-state index is 0.846. The van der Waals surface area contributed by atoms with Gasteiger partial charge in [0.1, 0.15) is 23.9 Å². The van der Waals surface area contributed by atoms with Crippen LogP contribution in [0, 0.1) is 0 Å². The molecule has 0 amide bonds. The Bertz CT molecular complexity index is 792. The highest BCUT2D eigenvalue weighted by Gasteiger charge is 2.04. The van der Waals surface area contributed by atoms with Gasteiger partial charge in [0.15, 0.2) is 0 Å². The van der Waals surface area contributed by atoms with Gasteiger partial charge in [-0.3, -0.25) is 0 Å². The fraction of sp³-hybridized carbons (Fsp3) is 0. The summed E-state index contributed by atoms with van der Waals surface area (Å²) in [6, 6.07) is 20.2. The summed E-state index contributed by atoms with van der Waals surface area (Å²) in [6.07, 6.45) is 3.16. The van der Waals surface area contributed by atoms with Gasteiger partial charge in [0.05, 0.1) is 0 Å². The summed E-state index contributed by atoms with van der Waals surface area (Å²) < 4.78 is 9.74. The van der Waals surface area contributed by atoms with E-state index >= 15 is 0 Å². The molecule has 0 saturated carbocycles. The van der Waals surface area contributed by atoms with E-state index in [0.29, 0.717) is 0 Å². The average Bonchev–Trinajstić information content (AvgIpc) is 3.30. The average molecular weight is 320 g/mol. The molecule has 2 heterocycles. The third kappa shape index (κ3) is 3.05. The van der Waals surface area contributed by atoms with Crippen molar-refractivity contribution in [2.75, 3.05) is 0 Å². The van der Waals surface area contributed by atoms with Gasteiger partial charge in [-0.15, -0.1) is 0 Å². The Labute approximate surface area is 137 Å². The second-order valence-corrected chi connectivity index (χ2v) is 6.07. The molecule has 0 radical (unpaired) electrons. The number of nitrogens with zero attached hydrogens (tertiary/aromatic N) is 2. The molecule has 0 aliphatic rings. The third-order valence-corrected chi connectivity index (χ3v) is 4.43. The maximum absolute atomic E-state index is 4.87. The lowest BCUT2D eigenvalue weighted by Gasteiger charge is -2.04. The lowest BCUT2D eigenvalue weighted by molar-refractivity contribution is 0.422. The van der Waals surface area contributed by atoms with Crippen molar-refractivity contribution in [3.63, 3.8) is 0 Å². The van der Waals surface area contributed by atoms with Crippen molar-refractivity contribution >= 4 is 11.8 Å². The van der Waals surface area contributed by atoms with Gasteiger partial charge < -0.3 is 9.05 Å². The van der Waals surface area contributed by atoms with Crippen molar-refractivity contribution in [1.82, 2.24) is 10.3 Å². The Kier molecular flexibility index (Phi) is 3.70. The highest BCUT2D eigenvalue weighted by Crippen LogP contribution is 2.30. The largest absolute Gasteiger partial charge is 0.364 e. The zero-order valence-corrected chi connectivity index (χ0v) is 12.9. The Morgan fingerprint density at radius 1 is 0.565 bits per heavy atom. The van der Waals surface area contributed by atoms with Crippen LogP contribution in [0.4, 0.5) is 0 Å². The van der Waals surface area contributed by atoms with Crippen LogP contribution in [0.1, 0.15) is 0 Å². The number of benzene rings is 2. The number of hydrogen-bond donors (Lipinski definition) is 0. The fourth-order valence-electron chi connectivity index (χ4n) is 2.25. The molecule has 4 rings (SSSR count). The molecule has 23 heavy (non-hydrogen) atoms. The lowest BCUT2D eigenvalue weighted by Crippen LogP contribution is -1.79. The van der Waals surface area contributed by atoms with E-state index in [1.807, 2.05) is 36.4 Å². The predicted octanol–water partition coefficient (Wildman–Crippen LogP) is 5.15. The van der Waals surface area contributed by atoms with Gasteiger partial charge >= 0.3 is 0 Å². The summed E-state index contributed by atoms with van der Waals surface area (Å²) in [7, 11) is 0. The first kappa shape index (κ1) is 13.8. The highest BCUT2D eigenvalue weighted by atomic mass is 32.2. The van der Waals surface area contributed by atoms with E-state index in [4.69, 9.17) is 9.05 Å². The predicted molar refractivity (Wildman–Crippen MR) is 88.0 cm³/mol. The molecule has 0 aliphatic carbocycles. The van der Waals surface area contributed by atoms with Crippen LogP contribution in [-0.4, -0.2) is 10.3 Å². The van der Waals surface area contributed by atoms with E-state index < -0.39 is 0 Å². The molecule has 4 aromatic rings. The Hall–Kier alpha value is -2.79. The molecular weight excluding hydrogens is 308 g/mol. The standard InChI is InChI=1S/C18H12N2O2S/c1-5-15(6-2-13(1)17-9-11-21-19-17)23-16-7-3-14(4-8-16)18-10-12-22-20-18/h1-12H. The summed E-state index contributed by atoms with van der Waals surface area (Å²) in [5.41, 5.74) is 3.78. The molecule has 112 valence electrons. The van der Waals surface area contributed by atoms with Gasteiger partial charge in [0, 0.05) is 33.1 Å². The van der Waals surface area contributed by atoms with Crippen molar-refractivity contribution in [3.8, 4) is 22.5 Å². The topological polar surface area (TPSA) is 52.1 Å². The van der Waals surface area contributed by atoms with Gasteiger partial charge in [-0.2, -0.15) is 0 Å². The monoisotopic (exact) mass is 320 g/mol. The molecule has 0 fully saturated rings. The zero-order chi connectivity index (χ0) is 15.5. The summed E-state index contributed by atoms with van der Waals surface area (Å²) in [6.45, 7) is 0. The summed E-state index contributed by atoms with van der Waals surface area (Å²) in [5, 5.41) is 7.88. The van der Waals surface area contributed by atoms with E-state index in [2.05, 4.69) is 34.6 Å². The Morgan fingerprint density at radius 2 is 1.00 bits per heavy atom. The molecule has 0 spiro atoms. The van der Waals surface area contributed by atoms with Gasteiger partial charge in [-0.25, -0.2) is 0 Å². The first-order valence-electron chi connectivity index (χ1n) is 7.08. The smallest absolute Gasteiger partial charge is 0.124 e. The van der Waals surface area contributed by atoms with Crippen LogP contribution in [0.3, 0.4) is 0 Å². The van der Waals surface area contributed by atoms with Crippen LogP contribution in [0.2, 0.25) is 0 Å². The van der Waals surface area contributed by atoms with Crippen LogP contribution in [0.5, 0.6) is 0 Å². The minimum absolute atomic E-state index is 0.846. The van der Waals surface area contributed by atoms with E-state index in [1.165, 1.54) is 9.79 Å². The van der Waals surface area contributed by atoms with Crippen LogP contribution in [0.25, 0.3) is 22.5 Å². The van der Waals surface area contributed by atoms with Crippen molar-refractivity contribution < 1.29 is 9.05 Å². The van der Waals surface area contributed by atoms with Crippen LogP contribution in [-0.2, 0) is 0 Å². The van der Waals surface area contributed by atoms with Crippen LogP contribution >= 0.6 is 11.8 Å². The summed E-state index contributed by atoms with van der Waals surface area (Å²) in [4.78, 5) is 2.35. The second kappa shape index (κ2) is 6.14. The van der Waals surface area contributed by atoms with Gasteiger partial charge in [-0.1, -0.05) is 46.3 Å². The molecule has 0 aliphatic heterocycles. The molecule has 0 unspecified atom stereocenters. The molecule has 2 aromatic carbocycles. The summed E-state index contributed by atoms with van der Waals surface area (Å²) in [5.74, 6) is 0. The number of hydrogen-bond acceptors (Lipinski definition) is 5. The maximum Gasteiger partial charge on any atom is 0.124 e. The van der Waals surface area contributed by atoms with Crippen molar-refractivity contribution in [2.24, 2.45) is 0 Å². The van der Waals surface area contributed by atoms with Gasteiger partial charge in [0.2, 0.25) is 0 Å². The van der Waals surface area contributed by atoms with Crippen molar-refractivity contribution in [2.45, 2.75) is 9.79 Å². The molecule has 0 saturated heterocycles. The van der Waals surface area contributed by atoms with E-state index in [0.717, 1.165) is 22.5 Å². The quantitative estimate of drug-likeness (QED) is 0.520. The molecular formula is C18H12N2O2S. The number of aromatic nitrogens is 2. The molecule has 0 bridgehead atoms. The summed E-state index contributed by atoms with van der Waals surface area (Å²) >= 11 is 1.71. The Morgan fingerprint density at radius 3 is 1.35 bits per heavy atom. The number of rotatable bonds is 4. The molecule has 0 N–H and O–H groups in total. The highest BCUT2D eigenvalue weighted by molar-refractivity contribution is 7.99. The van der Waals surface area contributed by atoms with Crippen LogP contribution in [0.15, 0.2) is 92.0 Å². The first-order valence-corrected chi connectivity index (χ1v) is 7.90. The minimum Gasteiger partial charge on any atom is -0.364 e. The van der Waals surface area contributed by atoms with Crippen molar-refractivity contribution in [3.05, 3.63) is 73.2 Å². The third-order valence-electron chi connectivity index (χ3n) is 3.41. The molecule has 0 atom stereocenters. The molecule has 2 aromatic heterocycles. The van der Waals surface area contributed by atoms with Crippen LogP contribution < -0.4 is 0 Å².